The van der Waals surface area contributed by atoms with Crippen LogP contribution in [0.15, 0.2) is 52.9 Å². The molecule has 0 aromatic heterocycles. The van der Waals surface area contributed by atoms with Gasteiger partial charge in [-0.15, -0.1) is 5.11 Å². The van der Waals surface area contributed by atoms with Crippen LogP contribution in [0.3, 0.4) is 0 Å². The lowest BCUT2D eigenvalue weighted by Gasteiger charge is -2.04. The summed E-state index contributed by atoms with van der Waals surface area (Å²) in [4.78, 5) is 16.8. The molecule has 102 valence electrons. The van der Waals surface area contributed by atoms with Crippen LogP contribution in [0.1, 0.15) is 27.0 Å². The van der Waals surface area contributed by atoms with Crippen molar-refractivity contribution in [3.63, 3.8) is 0 Å². The van der Waals surface area contributed by atoms with Gasteiger partial charge < -0.3 is 0 Å². The van der Waals surface area contributed by atoms with Gasteiger partial charge in [0.05, 0.1) is 11.3 Å². The summed E-state index contributed by atoms with van der Waals surface area (Å²) < 4.78 is 0. The molecule has 0 bridgehead atoms. The molecule has 2 aromatic rings. The van der Waals surface area contributed by atoms with Crippen LogP contribution in [-0.4, -0.2) is 5.97 Å². The molecule has 2 aromatic carbocycles. The van der Waals surface area contributed by atoms with Crippen LogP contribution in [0.25, 0.3) is 0 Å². The fourth-order valence-corrected chi connectivity index (χ4v) is 1.80. The second-order valence-corrected chi connectivity index (χ2v) is 4.59. The highest BCUT2D eigenvalue weighted by Crippen LogP contribution is 2.18. The van der Waals surface area contributed by atoms with Crippen molar-refractivity contribution >= 4 is 11.7 Å². The quantitative estimate of drug-likeness (QED) is 0.609. The Morgan fingerprint density at radius 2 is 1.65 bits per heavy atom. The highest BCUT2D eigenvalue weighted by molar-refractivity contribution is 5.91. The summed E-state index contributed by atoms with van der Waals surface area (Å²) in [6.07, 6.45) is 0. The SMILES string of the molecule is Cc1ccccc1N=NOC(=O)c1cccc(C)c1C. The molecule has 0 fully saturated rings. The van der Waals surface area contributed by atoms with Gasteiger partial charge in [-0.3, -0.25) is 4.84 Å². The predicted octanol–water partition coefficient (Wildman–Crippen LogP) is 4.47. The number of nitrogens with zero attached hydrogens (tertiary/aromatic N) is 2. The number of aryl methyl sites for hydroxylation is 2. The minimum absolute atomic E-state index is 0.497. The standard InChI is InChI=1S/C16H16N2O2/c1-11-8-6-9-14(13(11)3)16(19)20-18-17-15-10-5-4-7-12(15)2/h4-10H,1-3H3. The average Bonchev–Trinajstić information content (AvgIpc) is 2.44. The number of carbonyl (C=O) groups excluding carboxylic acids is 1. The highest BCUT2D eigenvalue weighted by atomic mass is 16.7. The zero-order chi connectivity index (χ0) is 14.5. The van der Waals surface area contributed by atoms with Crippen molar-refractivity contribution < 1.29 is 9.63 Å². The molecule has 0 atom stereocenters. The van der Waals surface area contributed by atoms with Gasteiger partial charge in [-0.2, -0.15) is 0 Å². The summed E-state index contributed by atoms with van der Waals surface area (Å²) in [6, 6.07) is 13.0. The molecule has 0 spiro atoms. The lowest BCUT2D eigenvalue weighted by molar-refractivity contribution is 0.0482. The van der Waals surface area contributed by atoms with Gasteiger partial charge in [-0.05, 0) is 49.6 Å². The van der Waals surface area contributed by atoms with Crippen molar-refractivity contribution in [3.8, 4) is 0 Å². The zero-order valence-electron chi connectivity index (χ0n) is 11.8. The predicted molar refractivity (Wildman–Crippen MR) is 77.0 cm³/mol. The maximum Gasteiger partial charge on any atom is 0.367 e. The van der Waals surface area contributed by atoms with Crippen LogP contribution in [0.2, 0.25) is 0 Å². The average molecular weight is 268 g/mol. The van der Waals surface area contributed by atoms with Gasteiger partial charge in [-0.1, -0.05) is 30.3 Å². The normalized spacial score (nSPS) is 10.8. The van der Waals surface area contributed by atoms with E-state index in [-0.39, 0.29) is 0 Å². The molecule has 0 amide bonds. The van der Waals surface area contributed by atoms with Crippen molar-refractivity contribution in [1.82, 2.24) is 0 Å². The number of benzene rings is 2. The van der Waals surface area contributed by atoms with E-state index in [4.69, 9.17) is 4.84 Å². The van der Waals surface area contributed by atoms with Crippen LogP contribution in [0, 0.1) is 20.8 Å². The summed E-state index contributed by atoms with van der Waals surface area (Å²) in [5.41, 5.74) is 4.09. The van der Waals surface area contributed by atoms with E-state index < -0.39 is 5.97 Å². The van der Waals surface area contributed by atoms with Gasteiger partial charge in [0, 0.05) is 5.28 Å². The highest BCUT2D eigenvalue weighted by Gasteiger charge is 2.11. The van der Waals surface area contributed by atoms with Crippen LogP contribution < -0.4 is 0 Å². The monoisotopic (exact) mass is 268 g/mol. The van der Waals surface area contributed by atoms with Crippen molar-refractivity contribution in [3.05, 3.63) is 64.7 Å². The molecule has 4 nitrogen and oxygen atoms in total. The van der Waals surface area contributed by atoms with Crippen LogP contribution in [-0.2, 0) is 4.84 Å². The second kappa shape index (κ2) is 6.10. The molecule has 4 heteroatoms. The molecule has 0 saturated carbocycles. The van der Waals surface area contributed by atoms with Crippen LogP contribution >= 0.6 is 0 Å². The molecule has 0 aliphatic carbocycles. The molecular weight excluding hydrogens is 252 g/mol. The molecule has 0 N–H and O–H groups in total. The molecule has 0 aliphatic rings. The molecule has 0 unspecified atom stereocenters. The summed E-state index contributed by atoms with van der Waals surface area (Å²) in [6.45, 7) is 5.74. The van der Waals surface area contributed by atoms with E-state index in [0.29, 0.717) is 11.3 Å². The number of hydrogen-bond acceptors (Lipinski definition) is 4. The van der Waals surface area contributed by atoms with Gasteiger partial charge in [0.15, 0.2) is 0 Å². The summed E-state index contributed by atoms with van der Waals surface area (Å²) in [5, 5.41) is 7.43. The lowest BCUT2D eigenvalue weighted by Crippen LogP contribution is -2.03. The zero-order valence-corrected chi connectivity index (χ0v) is 11.8. The molecule has 0 saturated heterocycles. The smallest absolute Gasteiger partial charge is 0.294 e. The Balaban J connectivity index is 2.10. The van der Waals surface area contributed by atoms with E-state index in [2.05, 4.69) is 10.4 Å². The van der Waals surface area contributed by atoms with E-state index >= 15 is 0 Å². The topological polar surface area (TPSA) is 51.0 Å². The van der Waals surface area contributed by atoms with E-state index in [1.165, 1.54) is 0 Å². The van der Waals surface area contributed by atoms with Gasteiger partial charge in [0.1, 0.15) is 0 Å². The Labute approximate surface area is 118 Å². The number of rotatable bonds is 3. The van der Waals surface area contributed by atoms with Crippen molar-refractivity contribution in [1.29, 1.82) is 0 Å². The molecule has 2 rings (SSSR count). The molecular formula is C16H16N2O2. The summed E-state index contributed by atoms with van der Waals surface area (Å²) >= 11 is 0. The Morgan fingerprint density at radius 1 is 0.950 bits per heavy atom. The van der Waals surface area contributed by atoms with Crippen molar-refractivity contribution in [2.24, 2.45) is 10.4 Å². The Morgan fingerprint density at radius 3 is 2.40 bits per heavy atom. The third-order valence-corrected chi connectivity index (χ3v) is 3.21. The van der Waals surface area contributed by atoms with E-state index in [1.54, 1.807) is 6.07 Å². The fourth-order valence-electron chi connectivity index (χ4n) is 1.80. The number of hydrogen-bond donors (Lipinski definition) is 0. The van der Waals surface area contributed by atoms with E-state index in [1.807, 2.05) is 57.2 Å². The first-order valence-corrected chi connectivity index (χ1v) is 6.34. The maximum atomic E-state index is 11.9. The minimum atomic E-state index is -0.497. The Kier molecular flexibility index (Phi) is 4.25. The van der Waals surface area contributed by atoms with Crippen LogP contribution in [0.5, 0.6) is 0 Å². The van der Waals surface area contributed by atoms with Crippen molar-refractivity contribution in [2.45, 2.75) is 20.8 Å². The largest absolute Gasteiger partial charge is 0.367 e. The third-order valence-electron chi connectivity index (χ3n) is 3.21. The maximum absolute atomic E-state index is 11.9. The first kappa shape index (κ1) is 13.9. The Bertz CT molecular complexity index is 663. The first-order valence-electron chi connectivity index (χ1n) is 6.34. The minimum Gasteiger partial charge on any atom is -0.294 e. The molecule has 0 radical (unpaired) electrons. The van der Waals surface area contributed by atoms with Gasteiger partial charge in [0.25, 0.3) is 0 Å². The molecule has 0 aliphatic heterocycles. The summed E-state index contributed by atoms with van der Waals surface area (Å²) in [7, 11) is 0. The first-order chi connectivity index (χ1) is 9.59. The van der Waals surface area contributed by atoms with E-state index in [9.17, 15) is 4.79 Å². The van der Waals surface area contributed by atoms with Crippen molar-refractivity contribution in [2.75, 3.05) is 0 Å². The summed E-state index contributed by atoms with van der Waals surface area (Å²) in [5.74, 6) is -0.497. The fraction of sp³-hybridized carbons (Fsp3) is 0.188. The van der Waals surface area contributed by atoms with Gasteiger partial charge in [-0.25, -0.2) is 4.79 Å². The lowest BCUT2D eigenvalue weighted by atomic mass is 10.0. The molecule has 0 heterocycles. The molecule has 20 heavy (non-hydrogen) atoms. The third kappa shape index (κ3) is 3.09. The number of carbonyl (C=O) groups is 1. The van der Waals surface area contributed by atoms with E-state index in [0.717, 1.165) is 16.7 Å². The van der Waals surface area contributed by atoms with Gasteiger partial charge in [0.2, 0.25) is 0 Å². The Hall–Kier alpha value is -2.49. The van der Waals surface area contributed by atoms with Gasteiger partial charge >= 0.3 is 5.97 Å². The van der Waals surface area contributed by atoms with Crippen LogP contribution in [0.4, 0.5) is 5.69 Å². The second-order valence-electron chi connectivity index (χ2n) is 4.59.